The number of hydrogen-bond donors (Lipinski definition) is 3. The maximum absolute atomic E-state index is 13.5. The van der Waals surface area contributed by atoms with Crippen LogP contribution in [0.5, 0.6) is 0 Å². The Bertz CT molecular complexity index is 866. The van der Waals surface area contributed by atoms with Gasteiger partial charge in [-0.15, -0.1) is 0 Å². The fraction of sp³-hybridized carbons (Fsp3) is 0.250. The van der Waals surface area contributed by atoms with Crippen LogP contribution in [0.2, 0.25) is 0 Å². The zero-order valence-corrected chi connectivity index (χ0v) is 15.9. The maximum Gasteiger partial charge on any atom is 0.338 e. The SMILES string of the molecule is CC(C)NC(=O)NCc1ccc(C(=O)OCC(=O)Nc2c(F)cccc2F)cc1. The molecule has 3 N–H and O–H groups in total. The smallest absolute Gasteiger partial charge is 0.338 e. The largest absolute Gasteiger partial charge is 0.452 e. The summed E-state index contributed by atoms with van der Waals surface area (Å²) in [5.74, 6) is -3.52. The van der Waals surface area contributed by atoms with Gasteiger partial charge in [0, 0.05) is 12.6 Å². The second kappa shape index (κ2) is 10.2. The molecule has 29 heavy (non-hydrogen) atoms. The molecule has 2 aromatic carbocycles. The van der Waals surface area contributed by atoms with Gasteiger partial charge >= 0.3 is 12.0 Å². The van der Waals surface area contributed by atoms with Crippen molar-refractivity contribution in [2.45, 2.75) is 26.4 Å². The molecule has 3 amide bonds. The molecule has 2 aromatic rings. The minimum absolute atomic E-state index is 0.0132. The van der Waals surface area contributed by atoms with E-state index in [2.05, 4.69) is 10.6 Å². The van der Waals surface area contributed by atoms with E-state index in [0.29, 0.717) is 0 Å². The van der Waals surface area contributed by atoms with Crippen LogP contribution in [0.3, 0.4) is 0 Å². The fourth-order valence-electron chi connectivity index (χ4n) is 2.26. The number of hydrogen-bond acceptors (Lipinski definition) is 4. The first-order valence-corrected chi connectivity index (χ1v) is 8.80. The summed E-state index contributed by atoms with van der Waals surface area (Å²) in [5, 5.41) is 7.38. The quantitative estimate of drug-likeness (QED) is 0.617. The minimum Gasteiger partial charge on any atom is -0.452 e. The van der Waals surface area contributed by atoms with Gasteiger partial charge in [0.15, 0.2) is 6.61 Å². The number of para-hydroxylation sites is 1. The highest BCUT2D eigenvalue weighted by Crippen LogP contribution is 2.17. The van der Waals surface area contributed by atoms with Crippen molar-refractivity contribution in [2.75, 3.05) is 11.9 Å². The standard InChI is InChI=1S/C20H21F2N3O4/c1-12(2)24-20(28)23-10-13-6-8-14(9-7-13)19(27)29-11-17(26)25-18-15(21)4-3-5-16(18)22/h3-9,12H,10-11H2,1-2H3,(H,25,26)(H2,23,24,28). The van der Waals surface area contributed by atoms with Crippen LogP contribution in [-0.4, -0.2) is 30.6 Å². The molecular formula is C20H21F2N3O4. The summed E-state index contributed by atoms with van der Waals surface area (Å²) < 4.78 is 31.8. The first-order chi connectivity index (χ1) is 13.8. The summed E-state index contributed by atoms with van der Waals surface area (Å²) >= 11 is 0. The third kappa shape index (κ3) is 6.87. The summed E-state index contributed by atoms with van der Waals surface area (Å²) in [4.78, 5) is 35.3. The fourth-order valence-corrected chi connectivity index (χ4v) is 2.26. The van der Waals surface area contributed by atoms with Crippen molar-refractivity contribution >= 4 is 23.6 Å². The van der Waals surface area contributed by atoms with Crippen LogP contribution in [0.25, 0.3) is 0 Å². The number of rotatable bonds is 7. The van der Waals surface area contributed by atoms with Crippen molar-refractivity contribution in [1.82, 2.24) is 10.6 Å². The Balaban J connectivity index is 1.83. The third-order valence-electron chi connectivity index (χ3n) is 3.62. The van der Waals surface area contributed by atoms with Crippen LogP contribution in [-0.2, 0) is 16.1 Å². The molecule has 2 rings (SSSR count). The molecule has 154 valence electrons. The number of amides is 3. The van der Waals surface area contributed by atoms with Gasteiger partial charge in [-0.2, -0.15) is 0 Å². The number of benzene rings is 2. The molecule has 0 aliphatic carbocycles. The van der Waals surface area contributed by atoms with Gasteiger partial charge < -0.3 is 20.7 Å². The summed E-state index contributed by atoms with van der Waals surface area (Å²) in [5.41, 5.74) is 0.338. The average Bonchev–Trinajstić information content (AvgIpc) is 2.67. The van der Waals surface area contributed by atoms with Gasteiger partial charge in [0.2, 0.25) is 0 Å². The summed E-state index contributed by atoms with van der Waals surface area (Å²) in [6.45, 7) is 3.25. The van der Waals surface area contributed by atoms with Crippen LogP contribution in [0, 0.1) is 11.6 Å². The van der Waals surface area contributed by atoms with E-state index in [1.807, 2.05) is 19.2 Å². The Morgan fingerprint density at radius 2 is 1.62 bits per heavy atom. The van der Waals surface area contributed by atoms with Crippen LogP contribution in [0.15, 0.2) is 42.5 Å². The Morgan fingerprint density at radius 1 is 1.00 bits per heavy atom. The highest BCUT2D eigenvalue weighted by Gasteiger charge is 2.14. The van der Waals surface area contributed by atoms with E-state index < -0.39 is 35.8 Å². The number of ether oxygens (including phenoxy) is 1. The van der Waals surface area contributed by atoms with Crippen molar-refractivity contribution in [2.24, 2.45) is 0 Å². The van der Waals surface area contributed by atoms with E-state index in [4.69, 9.17) is 4.74 Å². The lowest BCUT2D eigenvalue weighted by Gasteiger charge is -2.10. The third-order valence-corrected chi connectivity index (χ3v) is 3.62. The zero-order chi connectivity index (χ0) is 21.4. The molecule has 0 saturated carbocycles. The Labute approximate surface area is 166 Å². The van der Waals surface area contributed by atoms with Gasteiger partial charge in [-0.25, -0.2) is 18.4 Å². The van der Waals surface area contributed by atoms with Gasteiger partial charge in [0.05, 0.1) is 5.56 Å². The van der Waals surface area contributed by atoms with Crippen LogP contribution in [0.4, 0.5) is 19.3 Å². The Morgan fingerprint density at radius 3 is 2.21 bits per heavy atom. The van der Waals surface area contributed by atoms with Crippen molar-refractivity contribution in [3.8, 4) is 0 Å². The van der Waals surface area contributed by atoms with E-state index in [1.54, 1.807) is 12.1 Å². The number of carbonyl (C=O) groups is 3. The lowest BCUT2D eigenvalue weighted by atomic mass is 10.1. The molecular weight excluding hydrogens is 384 g/mol. The predicted octanol–water partition coefficient (Wildman–Crippen LogP) is 2.97. The van der Waals surface area contributed by atoms with Gasteiger partial charge in [-0.1, -0.05) is 18.2 Å². The number of esters is 1. The van der Waals surface area contributed by atoms with Crippen LogP contribution < -0.4 is 16.0 Å². The topological polar surface area (TPSA) is 96.5 Å². The van der Waals surface area contributed by atoms with Gasteiger partial charge in [-0.05, 0) is 43.7 Å². The van der Waals surface area contributed by atoms with Gasteiger partial charge in [0.1, 0.15) is 17.3 Å². The normalized spacial score (nSPS) is 10.4. The van der Waals surface area contributed by atoms with Crippen LogP contribution >= 0.6 is 0 Å². The van der Waals surface area contributed by atoms with Gasteiger partial charge in [-0.3, -0.25) is 4.79 Å². The lowest BCUT2D eigenvalue weighted by Crippen LogP contribution is -2.39. The Hall–Kier alpha value is -3.49. The second-order valence-corrected chi connectivity index (χ2v) is 6.40. The minimum atomic E-state index is -0.934. The summed E-state index contributed by atoms with van der Waals surface area (Å²) in [6, 6.07) is 9.07. The molecule has 0 aliphatic rings. The number of nitrogens with one attached hydrogen (secondary N) is 3. The molecule has 0 fully saturated rings. The van der Waals surface area contributed by atoms with Crippen molar-refractivity contribution in [3.63, 3.8) is 0 Å². The molecule has 0 bridgehead atoms. The molecule has 0 unspecified atom stereocenters. The first-order valence-electron chi connectivity index (χ1n) is 8.80. The molecule has 7 nitrogen and oxygen atoms in total. The highest BCUT2D eigenvalue weighted by atomic mass is 19.1. The van der Waals surface area contributed by atoms with E-state index in [9.17, 15) is 23.2 Å². The number of carbonyl (C=O) groups excluding carboxylic acids is 3. The first kappa shape index (κ1) is 21.8. The molecule has 0 heterocycles. The van der Waals surface area contributed by atoms with E-state index >= 15 is 0 Å². The van der Waals surface area contributed by atoms with E-state index in [-0.39, 0.29) is 24.2 Å². The second-order valence-electron chi connectivity index (χ2n) is 6.40. The number of anilines is 1. The molecule has 0 aliphatic heterocycles. The maximum atomic E-state index is 13.5. The monoisotopic (exact) mass is 405 g/mol. The molecule has 0 atom stereocenters. The summed E-state index contributed by atoms with van der Waals surface area (Å²) in [6.07, 6.45) is 0. The molecule has 0 radical (unpaired) electrons. The van der Waals surface area contributed by atoms with Crippen molar-refractivity contribution < 1.29 is 27.9 Å². The lowest BCUT2D eigenvalue weighted by molar-refractivity contribution is -0.119. The predicted molar refractivity (Wildman–Crippen MR) is 102 cm³/mol. The molecule has 9 heteroatoms. The molecule has 0 saturated heterocycles. The molecule has 0 aromatic heterocycles. The van der Waals surface area contributed by atoms with Crippen molar-refractivity contribution in [1.29, 1.82) is 0 Å². The number of halogens is 2. The van der Waals surface area contributed by atoms with Crippen LogP contribution in [0.1, 0.15) is 29.8 Å². The van der Waals surface area contributed by atoms with Gasteiger partial charge in [0.25, 0.3) is 5.91 Å². The number of urea groups is 1. The molecule has 0 spiro atoms. The Kier molecular flexibility index (Phi) is 7.64. The van der Waals surface area contributed by atoms with E-state index in [0.717, 1.165) is 23.8 Å². The highest BCUT2D eigenvalue weighted by molar-refractivity contribution is 5.95. The average molecular weight is 405 g/mol. The summed E-state index contributed by atoms with van der Waals surface area (Å²) in [7, 11) is 0. The van der Waals surface area contributed by atoms with Crippen molar-refractivity contribution in [3.05, 3.63) is 65.2 Å². The zero-order valence-electron chi connectivity index (χ0n) is 15.9. The van der Waals surface area contributed by atoms with E-state index in [1.165, 1.54) is 12.1 Å².